The molecule has 0 aliphatic carbocycles. The number of carbonyl (C=O) groups is 1. The maximum atomic E-state index is 10.5. The van der Waals surface area contributed by atoms with Crippen molar-refractivity contribution in [1.82, 2.24) is 9.97 Å². The third-order valence-electron chi connectivity index (χ3n) is 2.32. The first-order chi connectivity index (χ1) is 8.20. The number of aliphatic carboxylic acids is 1. The van der Waals surface area contributed by atoms with Gasteiger partial charge in [-0.15, -0.1) is 11.3 Å². The van der Waals surface area contributed by atoms with Gasteiger partial charge in [-0.3, -0.25) is 4.79 Å². The Labute approximate surface area is 103 Å². The molecule has 0 unspecified atom stereocenters. The van der Waals surface area contributed by atoms with Crippen LogP contribution in [-0.4, -0.2) is 27.6 Å². The first-order valence-corrected chi connectivity index (χ1v) is 6.28. The fourth-order valence-corrected chi connectivity index (χ4v) is 2.26. The molecule has 90 valence electrons. The predicted molar refractivity (Wildman–Crippen MR) is 67.5 cm³/mol. The monoisotopic (exact) mass is 251 g/mol. The van der Waals surface area contributed by atoms with Crippen molar-refractivity contribution in [3.8, 4) is 0 Å². The van der Waals surface area contributed by atoms with Crippen molar-refractivity contribution in [2.45, 2.75) is 19.8 Å². The maximum Gasteiger partial charge on any atom is 0.305 e. The van der Waals surface area contributed by atoms with Gasteiger partial charge in [0.1, 0.15) is 16.5 Å². The van der Waals surface area contributed by atoms with Gasteiger partial charge in [-0.05, 0) is 11.4 Å². The molecule has 0 radical (unpaired) electrons. The lowest BCUT2D eigenvalue weighted by atomic mass is 10.3. The van der Waals surface area contributed by atoms with Gasteiger partial charge in [-0.1, -0.05) is 6.92 Å². The summed E-state index contributed by atoms with van der Waals surface area (Å²) in [4.78, 5) is 20.2. The van der Waals surface area contributed by atoms with Crippen molar-refractivity contribution in [3.63, 3.8) is 0 Å². The molecule has 5 nitrogen and oxygen atoms in total. The average molecular weight is 251 g/mol. The van der Waals surface area contributed by atoms with E-state index in [4.69, 9.17) is 5.11 Å². The van der Waals surface area contributed by atoms with Crippen LogP contribution in [0.1, 0.15) is 19.2 Å². The normalized spacial score (nSPS) is 10.6. The minimum absolute atomic E-state index is 0.0804. The van der Waals surface area contributed by atoms with Crippen LogP contribution < -0.4 is 5.32 Å². The predicted octanol–water partition coefficient (Wildman–Crippen LogP) is 2.14. The second kappa shape index (κ2) is 5.09. The molecule has 2 aromatic heterocycles. The minimum Gasteiger partial charge on any atom is -0.481 e. The summed E-state index contributed by atoms with van der Waals surface area (Å²) in [6.07, 6.45) is 0.846. The zero-order valence-electron chi connectivity index (χ0n) is 9.43. The van der Waals surface area contributed by atoms with Crippen molar-refractivity contribution in [2.24, 2.45) is 0 Å². The number of thiophene rings is 1. The largest absolute Gasteiger partial charge is 0.481 e. The second-order valence-corrected chi connectivity index (χ2v) is 4.45. The van der Waals surface area contributed by atoms with E-state index in [0.29, 0.717) is 6.54 Å². The van der Waals surface area contributed by atoms with Crippen LogP contribution in [0.2, 0.25) is 0 Å². The van der Waals surface area contributed by atoms with Crippen molar-refractivity contribution in [2.75, 3.05) is 11.9 Å². The number of hydrogen-bond donors (Lipinski definition) is 2. The quantitative estimate of drug-likeness (QED) is 0.851. The number of anilines is 1. The Balaban J connectivity index is 2.24. The van der Waals surface area contributed by atoms with Gasteiger partial charge in [0.15, 0.2) is 0 Å². The zero-order valence-corrected chi connectivity index (χ0v) is 10.3. The number of carboxylic acids is 1. The maximum absolute atomic E-state index is 10.5. The molecule has 2 aromatic rings. The molecule has 0 bridgehead atoms. The number of carboxylic acid groups (broad SMARTS) is 1. The third kappa shape index (κ3) is 2.71. The summed E-state index contributed by atoms with van der Waals surface area (Å²) in [5.74, 6) is 0.691. The molecule has 17 heavy (non-hydrogen) atoms. The van der Waals surface area contributed by atoms with Crippen molar-refractivity contribution >= 4 is 33.3 Å². The van der Waals surface area contributed by atoms with E-state index in [-0.39, 0.29) is 6.42 Å². The highest BCUT2D eigenvalue weighted by atomic mass is 32.1. The molecule has 0 aliphatic heterocycles. The molecule has 0 spiro atoms. The van der Waals surface area contributed by atoms with Gasteiger partial charge in [0.05, 0.1) is 11.8 Å². The standard InChI is InChI=1S/C11H13N3O2S/c1-2-8-13-10(12-5-3-9(15)16)7-4-6-17-11(7)14-8/h4,6H,2-3,5H2,1H3,(H,15,16)(H,12,13,14). The number of nitrogens with one attached hydrogen (secondary N) is 1. The molecular formula is C11H13N3O2S. The van der Waals surface area contributed by atoms with E-state index in [0.717, 1.165) is 28.3 Å². The average Bonchev–Trinajstić information content (AvgIpc) is 2.76. The SMILES string of the molecule is CCc1nc(NCCC(=O)O)c2ccsc2n1. The minimum atomic E-state index is -0.816. The van der Waals surface area contributed by atoms with Crippen LogP contribution in [0, 0.1) is 0 Å². The van der Waals surface area contributed by atoms with E-state index in [1.54, 1.807) is 11.3 Å². The molecule has 0 saturated carbocycles. The number of hydrogen-bond acceptors (Lipinski definition) is 5. The van der Waals surface area contributed by atoms with Crippen LogP contribution in [-0.2, 0) is 11.2 Å². The third-order valence-corrected chi connectivity index (χ3v) is 3.13. The number of aryl methyl sites for hydroxylation is 1. The van der Waals surface area contributed by atoms with Gasteiger partial charge in [-0.2, -0.15) is 0 Å². The number of aromatic nitrogens is 2. The molecule has 6 heteroatoms. The van der Waals surface area contributed by atoms with Gasteiger partial charge < -0.3 is 10.4 Å². The van der Waals surface area contributed by atoms with E-state index in [2.05, 4.69) is 15.3 Å². The smallest absolute Gasteiger partial charge is 0.305 e. The van der Waals surface area contributed by atoms with Gasteiger partial charge >= 0.3 is 5.97 Å². The van der Waals surface area contributed by atoms with Crippen molar-refractivity contribution in [1.29, 1.82) is 0 Å². The molecule has 0 atom stereocenters. The van der Waals surface area contributed by atoms with Gasteiger partial charge in [0, 0.05) is 13.0 Å². The Morgan fingerprint density at radius 2 is 2.35 bits per heavy atom. The van der Waals surface area contributed by atoms with Crippen LogP contribution in [0.3, 0.4) is 0 Å². The zero-order chi connectivity index (χ0) is 12.3. The first-order valence-electron chi connectivity index (χ1n) is 5.40. The summed E-state index contributed by atoms with van der Waals surface area (Å²) in [5.41, 5.74) is 0. The second-order valence-electron chi connectivity index (χ2n) is 3.55. The van der Waals surface area contributed by atoms with Crippen molar-refractivity contribution < 1.29 is 9.90 Å². The lowest BCUT2D eigenvalue weighted by Crippen LogP contribution is -2.09. The van der Waals surface area contributed by atoms with E-state index in [1.807, 2.05) is 18.4 Å². The fourth-order valence-electron chi connectivity index (χ4n) is 1.48. The Morgan fingerprint density at radius 3 is 3.06 bits per heavy atom. The van der Waals surface area contributed by atoms with Crippen LogP contribution in [0.4, 0.5) is 5.82 Å². The fraction of sp³-hybridized carbons (Fsp3) is 0.364. The van der Waals surface area contributed by atoms with Crippen LogP contribution in [0.15, 0.2) is 11.4 Å². The highest BCUT2D eigenvalue weighted by Gasteiger charge is 2.08. The van der Waals surface area contributed by atoms with Crippen molar-refractivity contribution in [3.05, 3.63) is 17.3 Å². The Bertz CT molecular complexity index is 538. The molecule has 0 aromatic carbocycles. The molecular weight excluding hydrogens is 238 g/mol. The molecule has 0 amide bonds. The van der Waals surface area contributed by atoms with E-state index < -0.39 is 5.97 Å². The van der Waals surface area contributed by atoms with Crippen LogP contribution >= 0.6 is 11.3 Å². The first kappa shape index (κ1) is 11.8. The van der Waals surface area contributed by atoms with Gasteiger partial charge in [0.2, 0.25) is 0 Å². The lowest BCUT2D eigenvalue weighted by Gasteiger charge is -2.06. The van der Waals surface area contributed by atoms with E-state index >= 15 is 0 Å². The van der Waals surface area contributed by atoms with Crippen LogP contribution in [0.25, 0.3) is 10.2 Å². The number of rotatable bonds is 5. The Morgan fingerprint density at radius 1 is 1.53 bits per heavy atom. The molecule has 0 saturated heterocycles. The summed E-state index contributed by atoms with van der Waals surface area (Å²) < 4.78 is 0. The van der Waals surface area contributed by atoms with Gasteiger partial charge in [-0.25, -0.2) is 9.97 Å². The molecule has 0 aliphatic rings. The highest BCUT2D eigenvalue weighted by Crippen LogP contribution is 2.25. The van der Waals surface area contributed by atoms with Crippen LogP contribution in [0.5, 0.6) is 0 Å². The van der Waals surface area contributed by atoms with E-state index in [9.17, 15) is 4.79 Å². The summed E-state index contributed by atoms with van der Waals surface area (Å²) in [5, 5.41) is 14.6. The highest BCUT2D eigenvalue weighted by molar-refractivity contribution is 7.16. The Hall–Kier alpha value is -1.69. The molecule has 2 rings (SSSR count). The Kier molecular flexibility index (Phi) is 3.53. The topological polar surface area (TPSA) is 75.1 Å². The number of nitrogens with zero attached hydrogens (tertiary/aromatic N) is 2. The molecule has 2 N–H and O–H groups in total. The van der Waals surface area contributed by atoms with E-state index in [1.165, 1.54) is 0 Å². The molecule has 0 fully saturated rings. The number of fused-ring (bicyclic) bond motifs is 1. The summed E-state index contributed by atoms with van der Waals surface area (Å²) in [7, 11) is 0. The van der Waals surface area contributed by atoms with Gasteiger partial charge in [0.25, 0.3) is 0 Å². The summed E-state index contributed by atoms with van der Waals surface area (Å²) in [6, 6.07) is 1.95. The summed E-state index contributed by atoms with van der Waals surface area (Å²) in [6.45, 7) is 2.37. The lowest BCUT2D eigenvalue weighted by molar-refractivity contribution is -0.136. The molecule has 2 heterocycles. The summed E-state index contributed by atoms with van der Waals surface area (Å²) >= 11 is 1.56.